The summed E-state index contributed by atoms with van der Waals surface area (Å²) in [5, 5.41) is 9.99. The Labute approximate surface area is 159 Å². The molecule has 8 nitrogen and oxygen atoms in total. The zero-order valence-electron chi connectivity index (χ0n) is 16.1. The lowest BCUT2D eigenvalue weighted by molar-refractivity contribution is -0.117. The summed E-state index contributed by atoms with van der Waals surface area (Å²) in [7, 11) is 0. The molecule has 1 aromatic heterocycles. The monoisotopic (exact) mass is 370 g/mol. The maximum Gasteiger partial charge on any atom is 0.319 e. The molecule has 0 atom stereocenters. The number of benzene rings is 1. The van der Waals surface area contributed by atoms with Crippen molar-refractivity contribution in [1.82, 2.24) is 20.1 Å². The summed E-state index contributed by atoms with van der Waals surface area (Å²) in [5.74, 6) is 1.80. The Kier molecular flexibility index (Phi) is 5.73. The first-order chi connectivity index (χ1) is 12.9. The second-order valence-corrected chi connectivity index (χ2v) is 6.81. The normalized spacial score (nSPS) is 13.9. The lowest BCUT2D eigenvalue weighted by atomic mass is 10.1. The summed E-state index contributed by atoms with van der Waals surface area (Å²) in [6.07, 6.45) is 2.27. The maximum absolute atomic E-state index is 12.1. The number of hydrogen-bond donors (Lipinski definition) is 2. The zero-order valence-corrected chi connectivity index (χ0v) is 16.1. The molecular weight excluding hydrogens is 344 g/mol. The molecule has 0 unspecified atom stereocenters. The fourth-order valence-corrected chi connectivity index (χ4v) is 3.32. The van der Waals surface area contributed by atoms with E-state index in [0.29, 0.717) is 25.2 Å². The number of hydrogen-bond acceptors (Lipinski definition) is 4. The Morgan fingerprint density at radius 1 is 1.26 bits per heavy atom. The molecule has 2 N–H and O–H groups in total. The molecule has 3 rings (SSSR count). The van der Waals surface area contributed by atoms with Crippen molar-refractivity contribution in [3.63, 3.8) is 0 Å². The van der Waals surface area contributed by atoms with Gasteiger partial charge in [0.25, 0.3) is 0 Å². The van der Waals surface area contributed by atoms with Crippen LogP contribution in [0.4, 0.5) is 16.2 Å². The van der Waals surface area contributed by atoms with Gasteiger partial charge >= 0.3 is 6.03 Å². The van der Waals surface area contributed by atoms with Crippen molar-refractivity contribution in [3.05, 3.63) is 35.4 Å². The van der Waals surface area contributed by atoms with E-state index in [4.69, 9.17) is 0 Å². The van der Waals surface area contributed by atoms with Gasteiger partial charge in [0.1, 0.15) is 11.6 Å². The highest BCUT2D eigenvalue weighted by atomic mass is 16.2. The summed E-state index contributed by atoms with van der Waals surface area (Å²) >= 11 is 0. The smallest absolute Gasteiger partial charge is 0.319 e. The Hall–Kier alpha value is -2.90. The van der Waals surface area contributed by atoms with Gasteiger partial charge < -0.3 is 15.5 Å². The fraction of sp³-hybridized carbons (Fsp3) is 0.474. The van der Waals surface area contributed by atoms with E-state index in [0.717, 1.165) is 42.3 Å². The Morgan fingerprint density at radius 2 is 2.07 bits per heavy atom. The molecule has 2 heterocycles. The van der Waals surface area contributed by atoms with Crippen LogP contribution in [0.3, 0.4) is 0 Å². The topological polar surface area (TPSA) is 92.2 Å². The average molecular weight is 370 g/mol. The first kappa shape index (κ1) is 18.9. The van der Waals surface area contributed by atoms with Crippen LogP contribution in [0.15, 0.2) is 18.2 Å². The summed E-state index contributed by atoms with van der Waals surface area (Å²) in [6, 6.07) is 5.37. The largest absolute Gasteiger partial charge is 0.338 e. The third-order valence-corrected chi connectivity index (χ3v) is 4.61. The van der Waals surface area contributed by atoms with Gasteiger partial charge in [-0.2, -0.15) is 5.10 Å². The van der Waals surface area contributed by atoms with Gasteiger partial charge in [-0.05, 0) is 57.4 Å². The average Bonchev–Trinajstić information content (AvgIpc) is 3.17. The van der Waals surface area contributed by atoms with Crippen LogP contribution >= 0.6 is 0 Å². The Morgan fingerprint density at radius 3 is 2.70 bits per heavy atom. The summed E-state index contributed by atoms with van der Waals surface area (Å²) in [6.45, 7) is 7.75. The van der Waals surface area contributed by atoms with Crippen LogP contribution in [-0.4, -0.2) is 39.8 Å². The van der Waals surface area contributed by atoms with Gasteiger partial charge in [0, 0.05) is 37.4 Å². The second kappa shape index (κ2) is 8.20. The highest BCUT2D eigenvalue weighted by Gasteiger charge is 2.22. The first-order valence-corrected chi connectivity index (χ1v) is 9.28. The molecular formula is C19H26N6O2. The molecule has 0 aliphatic carbocycles. The summed E-state index contributed by atoms with van der Waals surface area (Å²) in [5.41, 5.74) is 2.60. The van der Waals surface area contributed by atoms with Crippen LogP contribution in [0.25, 0.3) is 0 Å². The van der Waals surface area contributed by atoms with Crippen LogP contribution in [0, 0.1) is 20.8 Å². The van der Waals surface area contributed by atoms with Gasteiger partial charge in [-0.15, -0.1) is 0 Å². The predicted molar refractivity (Wildman–Crippen MR) is 104 cm³/mol. The van der Waals surface area contributed by atoms with Crippen molar-refractivity contribution in [2.45, 2.75) is 46.6 Å². The second-order valence-electron chi connectivity index (χ2n) is 6.81. The van der Waals surface area contributed by atoms with Gasteiger partial charge in [-0.25, -0.2) is 9.78 Å². The van der Waals surface area contributed by atoms with Gasteiger partial charge in [0.15, 0.2) is 0 Å². The number of rotatable bonds is 6. The van der Waals surface area contributed by atoms with Crippen molar-refractivity contribution in [1.29, 1.82) is 0 Å². The van der Waals surface area contributed by atoms with Crippen molar-refractivity contribution in [2.75, 3.05) is 23.3 Å². The number of carbonyl (C=O) groups is 2. The van der Waals surface area contributed by atoms with Crippen LogP contribution in [0.1, 0.15) is 36.5 Å². The van der Waals surface area contributed by atoms with Crippen molar-refractivity contribution < 1.29 is 9.59 Å². The zero-order chi connectivity index (χ0) is 19.4. The number of aromatic nitrogens is 3. The van der Waals surface area contributed by atoms with Crippen LogP contribution in [0.2, 0.25) is 0 Å². The molecule has 1 aliphatic heterocycles. The molecule has 0 bridgehead atoms. The molecule has 0 spiro atoms. The molecule has 27 heavy (non-hydrogen) atoms. The molecule has 8 heteroatoms. The molecule has 0 saturated carbocycles. The molecule has 1 fully saturated rings. The van der Waals surface area contributed by atoms with E-state index in [1.807, 2.05) is 48.6 Å². The third-order valence-electron chi connectivity index (χ3n) is 4.61. The van der Waals surface area contributed by atoms with E-state index in [9.17, 15) is 9.59 Å². The number of nitrogens with zero attached hydrogens (tertiary/aromatic N) is 4. The number of anilines is 2. The number of urea groups is 1. The van der Waals surface area contributed by atoms with Crippen LogP contribution < -0.4 is 15.5 Å². The fourth-order valence-electron chi connectivity index (χ4n) is 3.32. The molecule has 1 aromatic carbocycles. The minimum absolute atomic E-state index is 0.161. The van der Waals surface area contributed by atoms with Crippen molar-refractivity contribution >= 4 is 23.3 Å². The quantitative estimate of drug-likeness (QED) is 0.765. The molecule has 1 aliphatic rings. The van der Waals surface area contributed by atoms with E-state index in [-0.39, 0.29) is 11.9 Å². The summed E-state index contributed by atoms with van der Waals surface area (Å²) < 4.78 is 1.84. The minimum atomic E-state index is -0.245. The molecule has 144 valence electrons. The highest BCUT2D eigenvalue weighted by molar-refractivity contribution is 5.96. The van der Waals surface area contributed by atoms with E-state index in [1.54, 1.807) is 0 Å². The molecule has 0 radical (unpaired) electrons. The maximum atomic E-state index is 12.1. The number of nitrogens with one attached hydrogen (secondary N) is 2. The number of aryl methyl sites for hydroxylation is 4. The SMILES string of the molecule is Cc1nc(C)n(CCCNC(=O)Nc2ccc(N3CCCC3=O)c(C)c2)n1. The minimum Gasteiger partial charge on any atom is -0.338 e. The highest BCUT2D eigenvalue weighted by Crippen LogP contribution is 2.27. The number of amides is 3. The standard InChI is InChI=1S/C19H26N6O2/c1-13-12-16(7-8-17(13)24-10-4-6-18(24)26)22-19(27)20-9-5-11-25-15(3)21-14(2)23-25/h7-8,12H,4-6,9-11H2,1-3H3,(H2,20,22,27). The van der Waals surface area contributed by atoms with E-state index >= 15 is 0 Å². The van der Waals surface area contributed by atoms with Crippen molar-refractivity contribution in [3.8, 4) is 0 Å². The van der Waals surface area contributed by atoms with E-state index in [1.165, 1.54) is 0 Å². The first-order valence-electron chi connectivity index (χ1n) is 9.28. The predicted octanol–water partition coefficient (Wildman–Crippen LogP) is 2.54. The molecule has 2 aromatic rings. The third kappa shape index (κ3) is 4.64. The van der Waals surface area contributed by atoms with Gasteiger partial charge in [-0.1, -0.05) is 0 Å². The van der Waals surface area contributed by atoms with Gasteiger partial charge in [0.05, 0.1) is 0 Å². The summed E-state index contributed by atoms with van der Waals surface area (Å²) in [4.78, 5) is 30.0. The molecule has 1 saturated heterocycles. The molecule has 3 amide bonds. The van der Waals surface area contributed by atoms with Crippen LogP contribution in [0.5, 0.6) is 0 Å². The lowest BCUT2D eigenvalue weighted by Gasteiger charge is -2.19. The lowest BCUT2D eigenvalue weighted by Crippen LogP contribution is -2.30. The van der Waals surface area contributed by atoms with Gasteiger partial charge in [0.2, 0.25) is 5.91 Å². The van der Waals surface area contributed by atoms with Crippen LogP contribution in [-0.2, 0) is 11.3 Å². The van der Waals surface area contributed by atoms with E-state index in [2.05, 4.69) is 20.7 Å². The number of carbonyl (C=O) groups excluding carboxylic acids is 2. The van der Waals surface area contributed by atoms with Gasteiger partial charge in [-0.3, -0.25) is 9.48 Å². The van der Waals surface area contributed by atoms with Crippen molar-refractivity contribution in [2.24, 2.45) is 0 Å². The Bertz CT molecular complexity index is 845. The van der Waals surface area contributed by atoms with E-state index < -0.39 is 0 Å². The Balaban J connectivity index is 1.47.